The van der Waals surface area contributed by atoms with Gasteiger partial charge in [0.15, 0.2) is 0 Å². The van der Waals surface area contributed by atoms with Crippen LogP contribution in [0.5, 0.6) is 0 Å². The van der Waals surface area contributed by atoms with Crippen molar-refractivity contribution in [3.63, 3.8) is 0 Å². The molecule has 1 heterocycles. The summed E-state index contributed by atoms with van der Waals surface area (Å²) >= 11 is 0. The first-order chi connectivity index (χ1) is 5.20. The summed E-state index contributed by atoms with van der Waals surface area (Å²) in [5.74, 6) is 0.552. The number of hydrogen-bond donors (Lipinski definition) is 1. The molecular formula is C9H15N2. The Morgan fingerprint density at radius 2 is 2.55 bits per heavy atom. The van der Waals surface area contributed by atoms with Crippen LogP contribution in [0.1, 0.15) is 19.8 Å². The standard InChI is InChI=1S/C9H15N2/c1-9(10)4-2-3-7-5-11-6-8(7)9/h3,8H,2,4-6,10H2,1H3. The molecule has 2 atom stereocenters. The molecule has 2 aliphatic rings. The summed E-state index contributed by atoms with van der Waals surface area (Å²) in [6, 6.07) is 0. The lowest BCUT2D eigenvalue weighted by Gasteiger charge is -2.34. The highest BCUT2D eigenvalue weighted by atomic mass is 14.9. The fraction of sp³-hybridized carbons (Fsp3) is 0.778. The molecule has 1 aliphatic heterocycles. The molecule has 0 aromatic rings. The van der Waals surface area contributed by atoms with Crippen LogP contribution in [0.3, 0.4) is 0 Å². The van der Waals surface area contributed by atoms with Crippen LogP contribution in [0.2, 0.25) is 0 Å². The number of hydrogen-bond acceptors (Lipinski definition) is 1. The van der Waals surface area contributed by atoms with E-state index in [0.717, 1.165) is 25.9 Å². The lowest BCUT2D eigenvalue weighted by atomic mass is 9.75. The van der Waals surface area contributed by atoms with Gasteiger partial charge in [-0.05, 0) is 19.8 Å². The molecule has 0 bridgehead atoms. The lowest BCUT2D eigenvalue weighted by Crippen LogP contribution is -2.46. The van der Waals surface area contributed by atoms with Crippen LogP contribution in [0.15, 0.2) is 11.6 Å². The van der Waals surface area contributed by atoms with Crippen molar-refractivity contribution in [2.24, 2.45) is 11.7 Å². The molecule has 2 rings (SSSR count). The molecule has 1 fully saturated rings. The molecule has 0 saturated carbocycles. The molecule has 1 saturated heterocycles. The number of allylic oxidation sites excluding steroid dienone is 1. The summed E-state index contributed by atoms with van der Waals surface area (Å²) in [4.78, 5) is 0. The third kappa shape index (κ3) is 1.10. The van der Waals surface area contributed by atoms with Crippen LogP contribution in [-0.2, 0) is 0 Å². The molecule has 1 radical (unpaired) electrons. The number of nitrogens with two attached hydrogens (primary N) is 1. The van der Waals surface area contributed by atoms with E-state index in [-0.39, 0.29) is 5.54 Å². The van der Waals surface area contributed by atoms with Crippen molar-refractivity contribution in [3.8, 4) is 0 Å². The topological polar surface area (TPSA) is 40.1 Å². The maximum Gasteiger partial charge on any atom is 0.0347 e. The fourth-order valence-electron chi connectivity index (χ4n) is 2.13. The SMILES string of the molecule is CC1(N)CCC=C2C[N]CC21. The third-order valence-electron chi connectivity index (χ3n) is 2.94. The van der Waals surface area contributed by atoms with E-state index in [1.165, 1.54) is 5.57 Å². The van der Waals surface area contributed by atoms with Crippen LogP contribution in [-0.4, -0.2) is 18.6 Å². The van der Waals surface area contributed by atoms with Gasteiger partial charge in [0, 0.05) is 24.5 Å². The van der Waals surface area contributed by atoms with Crippen molar-refractivity contribution in [3.05, 3.63) is 11.6 Å². The average Bonchev–Trinajstić information content (AvgIpc) is 2.34. The molecule has 0 aromatic heterocycles. The van der Waals surface area contributed by atoms with Crippen molar-refractivity contribution < 1.29 is 0 Å². The van der Waals surface area contributed by atoms with Crippen LogP contribution < -0.4 is 11.1 Å². The summed E-state index contributed by atoms with van der Waals surface area (Å²) < 4.78 is 0. The Bertz CT molecular complexity index is 194. The van der Waals surface area contributed by atoms with Gasteiger partial charge >= 0.3 is 0 Å². The molecule has 1 aliphatic carbocycles. The van der Waals surface area contributed by atoms with Gasteiger partial charge in [0.05, 0.1) is 0 Å². The Hall–Kier alpha value is -0.340. The zero-order valence-electron chi connectivity index (χ0n) is 7.01. The maximum absolute atomic E-state index is 6.16. The summed E-state index contributed by atoms with van der Waals surface area (Å²) in [7, 11) is 0. The van der Waals surface area contributed by atoms with Gasteiger partial charge in [0.1, 0.15) is 0 Å². The summed E-state index contributed by atoms with van der Waals surface area (Å²) in [6.07, 6.45) is 4.60. The molecule has 0 aromatic carbocycles. The van der Waals surface area contributed by atoms with E-state index in [2.05, 4.69) is 18.3 Å². The Balaban J connectivity index is 2.26. The van der Waals surface area contributed by atoms with Crippen molar-refractivity contribution in [2.45, 2.75) is 25.3 Å². The highest BCUT2D eigenvalue weighted by molar-refractivity contribution is 5.22. The average molecular weight is 151 g/mol. The van der Waals surface area contributed by atoms with Gasteiger partial charge < -0.3 is 5.73 Å². The first kappa shape index (κ1) is 7.32. The number of rotatable bonds is 0. The molecule has 2 N–H and O–H groups in total. The van der Waals surface area contributed by atoms with Gasteiger partial charge in [-0.25, -0.2) is 5.32 Å². The van der Waals surface area contributed by atoms with E-state index in [9.17, 15) is 0 Å². The van der Waals surface area contributed by atoms with Crippen molar-refractivity contribution in [1.82, 2.24) is 5.32 Å². The van der Waals surface area contributed by atoms with Crippen molar-refractivity contribution in [1.29, 1.82) is 0 Å². The number of fused-ring (bicyclic) bond motifs is 1. The van der Waals surface area contributed by atoms with Crippen LogP contribution in [0, 0.1) is 5.92 Å². The minimum Gasteiger partial charge on any atom is -0.325 e. The highest BCUT2D eigenvalue weighted by Crippen LogP contribution is 2.34. The quantitative estimate of drug-likeness (QED) is 0.507. The van der Waals surface area contributed by atoms with Crippen LogP contribution >= 0.6 is 0 Å². The molecule has 11 heavy (non-hydrogen) atoms. The second-order valence-electron chi connectivity index (χ2n) is 3.94. The number of nitrogens with zero attached hydrogens (tertiary/aromatic N) is 1. The Morgan fingerprint density at radius 1 is 1.73 bits per heavy atom. The lowest BCUT2D eigenvalue weighted by molar-refractivity contribution is 0.317. The maximum atomic E-state index is 6.16. The zero-order valence-corrected chi connectivity index (χ0v) is 7.01. The van der Waals surface area contributed by atoms with Crippen molar-refractivity contribution in [2.75, 3.05) is 13.1 Å². The summed E-state index contributed by atoms with van der Waals surface area (Å²) in [6.45, 7) is 4.06. The third-order valence-corrected chi connectivity index (χ3v) is 2.94. The second-order valence-corrected chi connectivity index (χ2v) is 3.94. The smallest absolute Gasteiger partial charge is 0.0347 e. The molecule has 0 spiro atoms. The Kier molecular flexibility index (Phi) is 1.55. The Labute approximate surface area is 67.8 Å². The zero-order chi connectivity index (χ0) is 7.90. The van der Waals surface area contributed by atoms with Gasteiger partial charge in [-0.15, -0.1) is 0 Å². The summed E-state index contributed by atoms with van der Waals surface area (Å²) in [5.41, 5.74) is 7.67. The minimum atomic E-state index is 0.0179. The molecule has 2 nitrogen and oxygen atoms in total. The van der Waals surface area contributed by atoms with Gasteiger partial charge in [-0.3, -0.25) is 0 Å². The van der Waals surface area contributed by atoms with E-state index < -0.39 is 0 Å². The van der Waals surface area contributed by atoms with E-state index in [1.54, 1.807) is 0 Å². The molecule has 61 valence electrons. The monoisotopic (exact) mass is 151 g/mol. The van der Waals surface area contributed by atoms with Gasteiger partial charge in [0.25, 0.3) is 0 Å². The van der Waals surface area contributed by atoms with Gasteiger partial charge in [-0.2, -0.15) is 0 Å². The van der Waals surface area contributed by atoms with E-state index in [4.69, 9.17) is 5.73 Å². The molecule has 2 unspecified atom stereocenters. The van der Waals surface area contributed by atoms with Crippen LogP contribution in [0.4, 0.5) is 0 Å². The second kappa shape index (κ2) is 2.32. The normalized spacial score (nSPS) is 43.5. The van der Waals surface area contributed by atoms with Crippen LogP contribution in [0.25, 0.3) is 0 Å². The predicted molar refractivity (Wildman–Crippen MR) is 45.3 cm³/mol. The Morgan fingerprint density at radius 3 is 3.27 bits per heavy atom. The molecule has 2 heteroatoms. The van der Waals surface area contributed by atoms with Gasteiger partial charge in [-0.1, -0.05) is 11.6 Å². The summed E-state index contributed by atoms with van der Waals surface area (Å²) in [5, 5.41) is 4.38. The van der Waals surface area contributed by atoms with E-state index >= 15 is 0 Å². The first-order valence-electron chi connectivity index (χ1n) is 4.31. The van der Waals surface area contributed by atoms with E-state index in [1.807, 2.05) is 0 Å². The fourth-order valence-corrected chi connectivity index (χ4v) is 2.13. The van der Waals surface area contributed by atoms with Crippen molar-refractivity contribution >= 4 is 0 Å². The molecular weight excluding hydrogens is 136 g/mol. The largest absolute Gasteiger partial charge is 0.325 e. The van der Waals surface area contributed by atoms with Gasteiger partial charge in [0.2, 0.25) is 0 Å². The molecule has 0 amide bonds. The predicted octanol–water partition coefficient (Wildman–Crippen LogP) is 0.658. The first-order valence-corrected chi connectivity index (χ1v) is 4.31. The van der Waals surface area contributed by atoms with E-state index in [0.29, 0.717) is 5.92 Å². The highest BCUT2D eigenvalue weighted by Gasteiger charge is 2.37. The minimum absolute atomic E-state index is 0.0179.